The van der Waals surface area contributed by atoms with Gasteiger partial charge < -0.3 is 9.88 Å². The van der Waals surface area contributed by atoms with Gasteiger partial charge in [0.25, 0.3) is 0 Å². The summed E-state index contributed by atoms with van der Waals surface area (Å²) in [5.74, 6) is 1.63. The van der Waals surface area contributed by atoms with Gasteiger partial charge in [0.2, 0.25) is 5.91 Å². The molecule has 7 heteroatoms. The van der Waals surface area contributed by atoms with Gasteiger partial charge in [0.05, 0.1) is 5.75 Å². The maximum Gasteiger partial charge on any atom is 0.230 e. The second-order valence-electron chi connectivity index (χ2n) is 6.31. The number of benzene rings is 1. The lowest BCUT2D eigenvalue weighted by molar-refractivity contribution is -0.118. The Morgan fingerprint density at radius 2 is 2.00 bits per heavy atom. The lowest BCUT2D eigenvalue weighted by Gasteiger charge is -2.12. The van der Waals surface area contributed by atoms with E-state index in [1.165, 1.54) is 11.8 Å². The zero-order valence-electron chi connectivity index (χ0n) is 15.0. The van der Waals surface area contributed by atoms with Crippen LogP contribution in [0.1, 0.15) is 33.6 Å². The highest BCUT2D eigenvalue weighted by molar-refractivity contribution is 7.99. The summed E-state index contributed by atoms with van der Waals surface area (Å²) in [6.45, 7) is 7.93. The molecule has 2 rings (SSSR count). The van der Waals surface area contributed by atoms with Gasteiger partial charge in [-0.05, 0) is 36.6 Å². The zero-order valence-corrected chi connectivity index (χ0v) is 16.5. The van der Waals surface area contributed by atoms with Crippen molar-refractivity contribution in [3.05, 3.63) is 29.3 Å². The first-order valence-corrected chi connectivity index (χ1v) is 9.96. The third-order valence-corrected chi connectivity index (χ3v) is 4.77. The molecule has 2 aromatic rings. The SMILES string of the molecule is CCCCNC(=O)CSc1nnc(-c2ccc(Cl)cc2)n1CC(C)C. The number of halogens is 1. The number of rotatable bonds is 9. The molecule has 0 spiro atoms. The van der Waals surface area contributed by atoms with E-state index < -0.39 is 0 Å². The number of nitrogens with one attached hydrogen (secondary N) is 1. The zero-order chi connectivity index (χ0) is 18.2. The van der Waals surface area contributed by atoms with Crippen molar-refractivity contribution in [2.45, 2.75) is 45.3 Å². The minimum atomic E-state index is 0.0330. The second-order valence-corrected chi connectivity index (χ2v) is 7.69. The van der Waals surface area contributed by atoms with E-state index in [-0.39, 0.29) is 5.91 Å². The molecule has 0 aliphatic rings. The third kappa shape index (κ3) is 6.04. The molecule has 0 fully saturated rings. The molecule has 136 valence electrons. The third-order valence-electron chi connectivity index (χ3n) is 3.55. The molecule has 0 radical (unpaired) electrons. The van der Waals surface area contributed by atoms with Gasteiger partial charge in [-0.3, -0.25) is 4.79 Å². The Morgan fingerprint density at radius 1 is 1.28 bits per heavy atom. The molecule has 1 amide bonds. The minimum Gasteiger partial charge on any atom is -0.355 e. The quantitative estimate of drug-likeness (QED) is 0.521. The first kappa shape index (κ1) is 19.8. The summed E-state index contributed by atoms with van der Waals surface area (Å²) in [7, 11) is 0. The number of carbonyl (C=O) groups excluding carboxylic acids is 1. The Labute approximate surface area is 158 Å². The largest absolute Gasteiger partial charge is 0.355 e. The highest BCUT2D eigenvalue weighted by Crippen LogP contribution is 2.26. The van der Waals surface area contributed by atoms with E-state index in [4.69, 9.17) is 11.6 Å². The van der Waals surface area contributed by atoms with Crippen molar-refractivity contribution >= 4 is 29.3 Å². The minimum absolute atomic E-state index is 0.0330. The Morgan fingerprint density at radius 3 is 2.64 bits per heavy atom. The highest BCUT2D eigenvalue weighted by Gasteiger charge is 2.16. The van der Waals surface area contributed by atoms with E-state index in [9.17, 15) is 4.79 Å². The Hall–Kier alpha value is -1.53. The normalized spacial score (nSPS) is 11.1. The summed E-state index contributed by atoms with van der Waals surface area (Å²) in [4.78, 5) is 11.9. The van der Waals surface area contributed by atoms with Gasteiger partial charge in [-0.1, -0.05) is 50.6 Å². The van der Waals surface area contributed by atoms with Gasteiger partial charge in [0, 0.05) is 23.7 Å². The van der Waals surface area contributed by atoms with Gasteiger partial charge >= 0.3 is 0 Å². The lowest BCUT2D eigenvalue weighted by atomic mass is 10.2. The standard InChI is InChI=1S/C18H25ClN4OS/c1-4-5-10-20-16(24)12-25-18-22-21-17(23(18)11-13(2)3)14-6-8-15(19)9-7-14/h6-9,13H,4-5,10-12H2,1-3H3,(H,20,24). The van der Waals surface area contributed by atoms with Crippen LogP contribution in [-0.2, 0) is 11.3 Å². The van der Waals surface area contributed by atoms with Crippen molar-refractivity contribution in [1.82, 2.24) is 20.1 Å². The van der Waals surface area contributed by atoms with Crippen LogP contribution in [-0.4, -0.2) is 33.0 Å². The predicted octanol–water partition coefficient (Wildman–Crippen LogP) is 4.26. The van der Waals surface area contributed by atoms with Crippen LogP contribution < -0.4 is 5.32 Å². The van der Waals surface area contributed by atoms with Gasteiger partial charge in [-0.2, -0.15) is 0 Å². The fraction of sp³-hybridized carbons (Fsp3) is 0.500. The molecule has 0 unspecified atom stereocenters. The summed E-state index contributed by atoms with van der Waals surface area (Å²) in [5.41, 5.74) is 0.969. The topological polar surface area (TPSA) is 59.8 Å². The number of thioether (sulfide) groups is 1. The molecule has 0 aliphatic heterocycles. The molecular formula is C18H25ClN4OS. The Kier molecular flexibility index (Phi) is 7.78. The predicted molar refractivity (Wildman–Crippen MR) is 104 cm³/mol. The molecule has 1 heterocycles. The van der Waals surface area contributed by atoms with Crippen LogP contribution in [0.15, 0.2) is 29.4 Å². The Bertz CT molecular complexity index is 685. The van der Waals surface area contributed by atoms with Gasteiger partial charge in [-0.15, -0.1) is 10.2 Å². The molecule has 0 saturated heterocycles. The van der Waals surface area contributed by atoms with Crippen LogP contribution in [0.25, 0.3) is 11.4 Å². The number of amides is 1. The molecule has 1 N–H and O–H groups in total. The van der Waals surface area contributed by atoms with Crippen molar-refractivity contribution in [2.75, 3.05) is 12.3 Å². The molecule has 25 heavy (non-hydrogen) atoms. The fourth-order valence-electron chi connectivity index (χ4n) is 2.32. The smallest absolute Gasteiger partial charge is 0.230 e. The van der Waals surface area contributed by atoms with Gasteiger partial charge in [0.1, 0.15) is 0 Å². The second kappa shape index (κ2) is 9.82. The van der Waals surface area contributed by atoms with Crippen LogP contribution in [0.3, 0.4) is 0 Å². The number of hydrogen-bond acceptors (Lipinski definition) is 4. The molecule has 1 aromatic carbocycles. The van der Waals surface area contributed by atoms with E-state index in [0.717, 1.165) is 42.5 Å². The summed E-state index contributed by atoms with van der Waals surface area (Å²) < 4.78 is 2.08. The maximum atomic E-state index is 11.9. The van der Waals surface area contributed by atoms with Crippen LogP contribution in [0, 0.1) is 5.92 Å². The maximum absolute atomic E-state index is 11.9. The van der Waals surface area contributed by atoms with Crippen molar-refractivity contribution in [1.29, 1.82) is 0 Å². The summed E-state index contributed by atoms with van der Waals surface area (Å²) in [6, 6.07) is 7.57. The van der Waals surface area contributed by atoms with Crippen LogP contribution in [0.2, 0.25) is 5.02 Å². The van der Waals surface area contributed by atoms with Crippen LogP contribution in [0.4, 0.5) is 0 Å². The van der Waals surface area contributed by atoms with Crippen LogP contribution in [0.5, 0.6) is 0 Å². The van der Waals surface area contributed by atoms with E-state index in [1.807, 2.05) is 24.3 Å². The summed E-state index contributed by atoms with van der Waals surface area (Å²) >= 11 is 7.40. The number of unbranched alkanes of at least 4 members (excludes halogenated alkanes) is 1. The molecule has 0 atom stereocenters. The summed E-state index contributed by atoms with van der Waals surface area (Å²) in [6.07, 6.45) is 2.07. The van der Waals surface area contributed by atoms with Crippen molar-refractivity contribution in [3.63, 3.8) is 0 Å². The average Bonchev–Trinajstić information content (AvgIpc) is 2.96. The number of aromatic nitrogens is 3. The summed E-state index contributed by atoms with van der Waals surface area (Å²) in [5, 5.41) is 13.0. The van der Waals surface area contributed by atoms with Crippen LogP contribution >= 0.6 is 23.4 Å². The van der Waals surface area contributed by atoms with E-state index >= 15 is 0 Å². The number of carbonyl (C=O) groups is 1. The van der Waals surface area contributed by atoms with Crippen molar-refractivity contribution in [2.24, 2.45) is 5.92 Å². The number of nitrogens with zero attached hydrogens (tertiary/aromatic N) is 3. The van der Waals surface area contributed by atoms with Gasteiger partial charge in [-0.25, -0.2) is 0 Å². The molecule has 0 bridgehead atoms. The Balaban J connectivity index is 2.12. The van der Waals surface area contributed by atoms with Gasteiger partial charge in [0.15, 0.2) is 11.0 Å². The van der Waals surface area contributed by atoms with Crippen molar-refractivity contribution < 1.29 is 4.79 Å². The molecule has 0 saturated carbocycles. The highest BCUT2D eigenvalue weighted by atomic mass is 35.5. The van der Waals surface area contributed by atoms with Crippen molar-refractivity contribution in [3.8, 4) is 11.4 Å². The lowest BCUT2D eigenvalue weighted by Crippen LogP contribution is -2.26. The first-order chi connectivity index (χ1) is 12.0. The van der Waals surface area contributed by atoms with E-state index in [1.54, 1.807) is 0 Å². The molecule has 0 aliphatic carbocycles. The fourth-order valence-corrected chi connectivity index (χ4v) is 3.23. The first-order valence-electron chi connectivity index (χ1n) is 8.60. The monoisotopic (exact) mass is 380 g/mol. The molecular weight excluding hydrogens is 356 g/mol. The number of hydrogen-bond donors (Lipinski definition) is 1. The van der Waals surface area contributed by atoms with E-state index in [2.05, 4.69) is 40.9 Å². The molecule has 5 nitrogen and oxygen atoms in total. The average molecular weight is 381 g/mol. The van der Waals surface area contributed by atoms with E-state index in [0.29, 0.717) is 16.7 Å². The molecule has 1 aromatic heterocycles.